The molecule has 0 aromatic heterocycles. The number of aryl methyl sites for hydroxylation is 2. The van der Waals surface area contributed by atoms with Gasteiger partial charge in [0.05, 0.1) is 0 Å². The molecule has 0 heterocycles. The summed E-state index contributed by atoms with van der Waals surface area (Å²) in [6, 6.07) is 31.2. The standard InChI is InChI=1S/C26H20/c1-17-7-8-18(2)25(13-17)21-12-10-20-16-26-22(15-23(20)14-21)11-9-19-5-3-4-6-24(19)26/h3-16H,1-2H3. The van der Waals surface area contributed by atoms with Crippen LogP contribution < -0.4 is 0 Å². The van der Waals surface area contributed by atoms with Crippen molar-refractivity contribution in [3.05, 3.63) is 96.1 Å². The molecule has 0 N–H and O–H groups in total. The van der Waals surface area contributed by atoms with E-state index in [0.29, 0.717) is 0 Å². The molecule has 0 aliphatic rings. The van der Waals surface area contributed by atoms with Crippen LogP contribution in [0.25, 0.3) is 43.4 Å². The third-order valence-electron chi connectivity index (χ3n) is 5.41. The van der Waals surface area contributed by atoms with E-state index in [9.17, 15) is 0 Å². The smallest absolute Gasteiger partial charge is 0.00990 e. The maximum Gasteiger partial charge on any atom is -0.00990 e. The van der Waals surface area contributed by atoms with E-state index >= 15 is 0 Å². The number of hydrogen-bond acceptors (Lipinski definition) is 0. The number of hydrogen-bond donors (Lipinski definition) is 0. The van der Waals surface area contributed by atoms with Crippen LogP contribution in [0, 0.1) is 13.8 Å². The SMILES string of the molecule is Cc1ccc(C)c(-c2ccc3cc4c(ccc5ccccc54)cc3c2)c1. The van der Waals surface area contributed by atoms with Gasteiger partial charge in [-0.25, -0.2) is 0 Å². The molecule has 5 aromatic carbocycles. The molecule has 0 atom stereocenters. The average Bonchev–Trinajstić information content (AvgIpc) is 2.68. The maximum absolute atomic E-state index is 2.33. The van der Waals surface area contributed by atoms with E-state index in [1.165, 1.54) is 54.6 Å². The van der Waals surface area contributed by atoms with Gasteiger partial charge in [-0.15, -0.1) is 0 Å². The van der Waals surface area contributed by atoms with Gasteiger partial charge in [-0.3, -0.25) is 0 Å². The summed E-state index contributed by atoms with van der Waals surface area (Å²) < 4.78 is 0. The summed E-state index contributed by atoms with van der Waals surface area (Å²) in [5.41, 5.74) is 5.24. The number of benzene rings is 5. The molecule has 0 fully saturated rings. The molecule has 5 aromatic rings. The van der Waals surface area contributed by atoms with E-state index in [-0.39, 0.29) is 0 Å². The highest BCUT2D eigenvalue weighted by Crippen LogP contribution is 2.32. The van der Waals surface area contributed by atoms with Crippen LogP contribution in [0.5, 0.6) is 0 Å². The first-order valence-corrected chi connectivity index (χ1v) is 9.12. The van der Waals surface area contributed by atoms with E-state index in [1.807, 2.05) is 0 Å². The van der Waals surface area contributed by atoms with Crippen LogP contribution in [0.4, 0.5) is 0 Å². The fourth-order valence-electron chi connectivity index (χ4n) is 3.97. The molecule has 5 rings (SSSR count). The van der Waals surface area contributed by atoms with Crippen molar-refractivity contribution in [1.29, 1.82) is 0 Å². The molecule has 0 aliphatic carbocycles. The van der Waals surface area contributed by atoms with Crippen molar-refractivity contribution in [2.45, 2.75) is 13.8 Å². The lowest BCUT2D eigenvalue weighted by molar-refractivity contribution is 1.39. The van der Waals surface area contributed by atoms with E-state index in [1.54, 1.807) is 0 Å². The Labute approximate surface area is 153 Å². The second-order valence-electron chi connectivity index (χ2n) is 7.24. The Kier molecular flexibility index (Phi) is 3.33. The van der Waals surface area contributed by atoms with Crippen LogP contribution in [-0.4, -0.2) is 0 Å². The summed E-state index contributed by atoms with van der Waals surface area (Å²) in [5, 5.41) is 7.84. The highest BCUT2D eigenvalue weighted by Gasteiger charge is 2.06. The molecular weight excluding hydrogens is 312 g/mol. The minimum absolute atomic E-state index is 1.29. The maximum atomic E-state index is 2.33. The minimum atomic E-state index is 1.29. The van der Waals surface area contributed by atoms with Gasteiger partial charge >= 0.3 is 0 Å². The summed E-state index contributed by atoms with van der Waals surface area (Å²) in [6.07, 6.45) is 0. The molecule has 0 bridgehead atoms. The normalized spacial score (nSPS) is 11.5. The Hall–Kier alpha value is -3.12. The second-order valence-corrected chi connectivity index (χ2v) is 7.24. The molecule has 0 amide bonds. The van der Waals surface area contributed by atoms with E-state index in [2.05, 4.69) is 98.8 Å². The van der Waals surface area contributed by atoms with Crippen LogP contribution in [-0.2, 0) is 0 Å². The van der Waals surface area contributed by atoms with Crippen LogP contribution >= 0.6 is 0 Å². The van der Waals surface area contributed by atoms with Crippen LogP contribution in [0.15, 0.2) is 84.9 Å². The fraction of sp³-hybridized carbons (Fsp3) is 0.0769. The molecule has 0 saturated carbocycles. The van der Waals surface area contributed by atoms with Crippen molar-refractivity contribution < 1.29 is 0 Å². The lowest BCUT2D eigenvalue weighted by Gasteiger charge is -2.10. The predicted octanol–water partition coefficient (Wildman–Crippen LogP) is 7.43. The first kappa shape index (κ1) is 15.2. The zero-order valence-electron chi connectivity index (χ0n) is 15.1. The van der Waals surface area contributed by atoms with Gasteiger partial charge < -0.3 is 0 Å². The molecule has 0 heteroatoms. The molecule has 0 saturated heterocycles. The zero-order valence-corrected chi connectivity index (χ0v) is 15.1. The minimum Gasteiger partial charge on any atom is -0.0616 e. The average molecular weight is 332 g/mol. The van der Waals surface area contributed by atoms with Crippen LogP contribution in [0.2, 0.25) is 0 Å². The first-order chi connectivity index (χ1) is 12.7. The van der Waals surface area contributed by atoms with Crippen molar-refractivity contribution in [2.24, 2.45) is 0 Å². The van der Waals surface area contributed by atoms with Gasteiger partial charge in [0, 0.05) is 0 Å². The molecule has 0 radical (unpaired) electrons. The van der Waals surface area contributed by atoms with Gasteiger partial charge in [0.15, 0.2) is 0 Å². The third kappa shape index (κ3) is 2.38. The van der Waals surface area contributed by atoms with Crippen molar-refractivity contribution in [3.63, 3.8) is 0 Å². The lowest BCUT2D eigenvalue weighted by Crippen LogP contribution is -1.86. The number of rotatable bonds is 1. The monoisotopic (exact) mass is 332 g/mol. The molecular formula is C26H20. The van der Waals surface area contributed by atoms with E-state index in [0.717, 1.165) is 0 Å². The molecule has 124 valence electrons. The summed E-state index contributed by atoms with van der Waals surface area (Å²) in [4.78, 5) is 0. The first-order valence-electron chi connectivity index (χ1n) is 9.12. The highest BCUT2D eigenvalue weighted by atomic mass is 14.1. The van der Waals surface area contributed by atoms with Gasteiger partial charge in [-0.1, -0.05) is 72.3 Å². The molecule has 0 nitrogen and oxygen atoms in total. The van der Waals surface area contributed by atoms with E-state index < -0.39 is 0 Å². The van der Waals surface area contributed by atoms with Gasteiger partial charge in [-0.2, -0.15) is 0 Å². The molecule has 0 unspecified atom stereocenters. The van der Waals surface area contributed by atoms with Crippen LogP contribution in [0.3, 0.4) is 0 Å². The Morgan fingerprint density at radius 1 is 0.500 bits per heavy atom. The Morgan fingerprint density at radius 2 is 1.31 bits per heavy atom. The quantitative estimate of drug-likeness (QED) is 0.221. The Morgan fingerprint density at radius 3 is 2.23 bits per heavy atom. The van der Waals surface area contributed by atoms with Crippen molar-refractivity contribution in [3.8, 4) is 11.1 Å². The third-order valence-corrected chi connectivity index (χ3v) is 5.41. The van der Waals surface area contributed by atoms with Gasteiger partial charge in [0.25, 0.3) is 0 Å². The van der Waals surface area contributed by atoms with Gasteiger partial charge in [0.1, 0.15) is 0 Å². The van der Waals surface area contributed by atoms with Gasteiger partial charge in [0.2, 0.25) is 0 Å². The van der Waals surface area contributed by atoms with Crippen LogP contribution in [0.1, 0.15) is 11.1 Å². The summed E-state index contributed by atoms with van der Waals surface area (Å²) >= 11 is 0. The number of fused-ring (bicyclic) bond motifs is 4. The summed E-state index contributed by atoms with van der Waals surface area (Å²) in [7, 11) is 0. The molecule has 0 spiro atoms. The van der Waals surface area contributed by atoms with Gasteiger partial charge in [-0.05, 0) is 81.1 Å². The predicted molar refractivity (Wildman–Crippen MR) is 114 cm³/mol. The van der Waals surface area contributed by atoms with E-state index in [4.69, 9.17) is 0 Å². The Balaban J connectivity index is 1.78. The molecule has 0 aliphatic heterocycles. The summed E-state index contributed by atoms with van der Waals surface area (Å²) in [6.45, 7) is 4.34. The Bertz CT molecular complexity index is 1290. The van der Waals surface area contributed by atoms with Crippen molar-refractivity contribution >= 4 is 32.3 Å². The topological polar surface area (TPSA) is 0 Å². The zero-order chi connectivity index (χ0) is 17.7. The lowest BCUT2D eigenvalue weighted by atomic mass is 9.94. The molecule has 26 heavy (non-hydrogen) atoms. The highest BCUT2D eigenvalue weighted by molar-refractivity contribution is 6.12. The van der Waals surface area contributed by atoms with Crippen molar-refractivity contribution in [1.82, 2.24) is 0 Å². The largest absolute Gasteiger partial charge is 0.0616 e. The van der Waals surface area contributed by atoms with Crippen molar-refractivity contribution in [2.75, 3.05) is 0 Å². The fourth-order valence-corrected chi connectivity index (χ4v) is 3.97. The second kappa shape index (κ2) is 5.71. The summed E-state index contributed by atoms with van der Waals surface area (Å²) in [5.74, 6) is 0.